The van der Waals surface area contributed by atoms with Crippen LogP contribution >= 0.6 is 0 Å². The lowest BCUT2D eigenvalue weighted by atomic mass is 9.94. The van der Waals surface area contributed by atoms with Crippen LogP contribution in [0.3, 0.4) is 0 Å². The molecule has 2 amide bonds. The normalized spacial score (nSPS) is 18.0. The molecule has 1 aliphatic rings. The molecule has 0 aromatic heterocycles. The summed E-state index contributed by atoms with van der Waals surface area (Å²) in [5, 5.41) is 13.9. The van der Waals surface area contributed by atoms with Crippen molar-refractivity contribution < 1.29 is 27.9 Å². The maximum Gasteiger partial charge on any atom is 0.409 e. The van der Waals surface area contributed by atoms with Crippen LogP contribution in [0.1, 0.15) is 29.3 Å². The molecule has 2 atom stereocenters. The number of ether oxygens (including phenoxy) is 1. The highest BCUT2D eigenvalue weighted by atomic mass is 32.2. The molecule has 1 aliphatic heterocycles. The topological polar surface area (TPSA) is 125 Å². The van der Waals surface area contributed by atoms with Crippen LogP contribution in [0.2, 0.25) is 0 Å². The Bertz CT molecular complexity index is 1410. The first-order valence-electron chi connectivity index (χ1n) is 12.2. The monoisotopic (exact) mass is 525 g/mol. The molecule has 3 aromatic rings. The van der Waals surface area contributed by atoms with Gasteiger partial charge in [-0.1, -0.05) is 42.5 Å². The van der Waals surface area contributed by atoms with Crippen LogP contribution in [0.15, 0.2) is 65.6 Å². The molecule has 1 fully saturated rings. The number of benzene rings is 3. The number of nitrogens with zero attached hydrogens (tertiary/aromatic N) is 1. The second-order valence-corrected chi connectivity index (χ2v) is 10.7. The largest absolute Gasteiger partial charge is 0.450 e. The fraction of sp³-hybridized carbons (Fsp3) is 0.333. The molecule has 10 heteroatoms. The molecule has 37 heavy (non-hydrogen) atoms. The molecular weight excluding hydrogens is 494 g/mol. The van der Waals surface area contributed by atoms with Crippen LogP contribution in [0.4, 0.5) is 10.5 Å². The molecule has 9 nitrogen and oxygen atoms in total. The van der Waals surface area contributed by atoms with Gasteiger partial charge >= 0.3 is 6.09 Å². The average molecular weight is 526 g/mol. The lowest BCUT2D eigenvalue weighted by Gasteiger charge is -2.37. The zero-order valence-corrected chi connectivity index (χ0v) is 21.6. The Hall–Kier alpha value is -3.47. The van der Waals surface area contributed by atoms with E-state index in [0.29, 0.717) is 35.0 Å². The number of hydrogen-bond acceptors (Lipinski definition) is 6. The minimum atomic E-state index is -3.99. The number of aryl methyl sites for hydroxylation is 1. The second-order valence-electron chi connectivity index (χ2n) is 9.03. The predicted octanol–water partition coefficient (Wildman–Crippen LogP) is 3.52. The van der Waals surface area contributed by atoms with Crippen LogP contribution in [0.5, 0.6) is 0 Å². The third kappa shape index (κ3) is 5.76. The Balaban J connectivity index is 1.59. The van der Waals surface area contributed by atoms with Gasteiger partial charge in [0.15, 0.2) is 0 Å². The minimum Gasteiger partial charge on any atom is -0.450 e. The summed E-state index contributed by atoms with van der Waals surface area (Å²) < 4.78 is 34.8. The highest BCUT2D eigenvalue weighted by Gasteiger charge is 2.35. The van der Waals surface area contributed by atoms with Gasteiger partial charge in [0, 0.05) is 53.7 Å². The standard InChI is InChI=1S/C27H31N3O6S/c1-3-36-27(33)30-15-14-23(19(16-30)17-31)29-37(34,35)25-13-12-24(21-10-6-7-11-22(21)25)28-26(32)20-9-5-4-8-18(20)2/h4-13,19,23,29,31H,3,14-17H2,1-2H3,(H,28,32)/t19-,23+/m0/s1. The van der Waals surface area contributed by atoms with Gasteiger partial charge in [-0.05, 0) is 44.0 Å². The van der Waals surface area contributed by atoms with E-state index >= 15 is 0 Å². The van der Waals surface area contributed by atoms with Crippen molar-refractivity contribution in [1.82, 2.24) is 9.62 Å². The van der Waals surface area contributed by atoms with Crippen LogP contribution in [0.25, 0.3) is 10.8 Å². The van der Waals surface area contributed by atoms with E-state index in [1.807, 2.05) is 19.1 Å². The van der Waals surface area contributed by atoms with E-state index in [1.165, 1.54) is 11.0 Å². The zero-order valence-electron chi connectivity index (χ0n) is 20.8. The van der Waals surface area contributed by atoms with Gasteiger partial charge in [-0.25, -0.2) is 17.9 Å². The number of nitrogens with one attached hydrogen (secondary N) is 2. The summed E-state index contributed by atoms with van der Waals surface area (Å²) >= 11 is 0. The molecular formula is C27H31N3O6S. The molecule has 0 unspecified atom stereocenters. The SMILES string of the molecule is CCOC(=O)N1CC[C@@H](NS(=O)(=O)c2ccc(NC(=O)c3ccccc3C)c3ccccc23)[C@H](CO)C1. The fourth-order valence-corrected chi connectivity index (χ4v) is 6.20. The van der Waals surface area contributed by atoms with Crippen molar-refractivity contribution in [2.24, 2.45) is 5.92 Å². The zero-order chi connectivity index (χ0) is 26.6. The van der Waals surface area contributed by atoms with Crippen molar-refractivity contribution in [2.45, 2.75) is 31.2 Å². The summed E-state index contributed by atoms with van der Waals surface area (Å²) in [6, 6.07) is 16.7. The van der Waals surface area contributed by atoms with E-state index < -0.39 is 28.1 Å². The fourth-order valence-electron chi connectivity index (χ4n) is 4.65. The lowest BCUT2D eigenvalue weighted by molar-refractivity contribution is 0.0666. The Morgan fingerprint density at radius 1 is 1.05 bits per heavy atom. The van der Waals surface area contributed by atoms with Gasteiger partial charge < -0.3 is 20.1 Å². The summed E-state index contributed by atoms with van der Waals surface area (Å²) in [6.07, 6.45) is -0.136. The van der Waals surface area contributed by atoms with Gasteiger partial charge in [-0.3, -0.25) is 4.79 Å². The van der Waals surface area contributed by atoms with Crippen LogP contribution in [0, 0.1) is 12.8 Å². The number of aliphatic hydroxyl groups excluding tert-OH is 1. The van der Waals surface area contributed by atoms with Gasteiger partial charge in [-0.15, -0.1) is 0 Å². The molecule has 4 rings (SSSR count). The second kappa shape index (κ2) is 11.3. The molecule has 3 N–H and O–H groups in total. The number of aliphatic hydroxyl groups is 1. The van der Waals surface area contributed by atoms with E-state index in [1.54, 1.807) is 49.4 Å². The lowest BCUT2D eigenvalue weighted by Crippen LogP contribution is -2.53. The third-order valence-corrected chi connectivity index (χ3v) is 8.16. The molecule has 1 heterocycles. The molecule has 1 saturated heterocycles. The van der Waals surface area contributed by atoms with Crippen molar-refractivity contribution in [1.29, 1.82) is 0 Å². The van der Waals surface area contributed by atoms with Gasteiger partial charge in [0.1, 0.15) is 0 Å². The molecule has 196 valence electrons. The summed E-state index contributed by atoms with van der Waals surface area (Å²) in [5.41, 5.74) is 1.87. The van der Waals surface area contributed by atoms with E-state index in [2.05, 4.69) is 10.0 Å². The Morgan fingerprint density at radius 2 is 1.76 bits per heavy atom. The van der Waals surface area contributed by atoms with Gasteiger partial charge in [0.05, 0.1) is 11.5 Å². The van der Waals surface area contributed by atoms with Crippen molar-refractivity contribution in [2.75, 3.05) is 31.6 Å². The van der Waals surface area contributed by atoms with Crippen LogP contribution in [-0.2, 0) is 14.8 Å². The molecule has 0 aliphatic carbocycles. The number of carbonyl (C=O) groups is 2. The maximum atomic E-state index is 13.5. The Morgan fingerprint density at radius 3 is 2.46 bits per heavy atom. The van der Waals surface area contributed by atoms with E-state index in [9.17, 15) is 23.1 Å². The number of anilines is 1. The maximum absolute atomic E-state index is 13.5. The number of amides is 2. The number of fused-ring (bicyclic) bond motifs is 1. The first kappa shape index (κ1) is 26.6. The smallest absolute Gasteiger partial charge is 0.409 e. The van der Waals surface area contributed by atoms with Gasteiger partial charge in [0.2, 0.25) is 10.0 Å². The molecule has 0 bridgehead atoms. The Kier molecular flexibility index (Phi) is 8.11. The molecule has 0 saturated carbocycles. The van der Waals surface area contributed by atoms with Gasteiger partial charge in [-0.2, -0.15) is 0 Å². The highest BCUT2D eigenvalue weighted by molar-refractivity contribution is 7.89. The van der Waals surface area contributed by atoms with Crippen molar-refractivity contribution in [3.63, 3.8) is 0 Å². The number of rotatable bonds is 7. The quantitative estimate of drug-likeness (QED) is 0.434. The summed E-state index contributed by atoms with van der Waals surface area (Å²) in [4.78, 5) is 26.5. The number of likely N-dealkylation sites (tertiary alicyclic amines) is 1. The molecule has 3 aromatic carbocycles. The first-order chi connectivity index (χ1) is 17.7. The summed E-state index contributed by atoms with van der Waals surface area (Å²) in [7, 11) is -3.99. The first-order valence-corrected chi connectivity index (χ1v) is 13.7. The van der Waals surface area contributed by atoms with Crippen molar-refractivity contribution in [3.05, 3.63) is 71.8 Å². The van der Waals surface area contributed by atoms with Gasteiger partial charge in [0.25, 0.3) is 5.91 Å². The molecule has 0 spiro atoms. The average Bonchev–Trinajstić information content (AvgIpc) is 2.89. The van der Waals surface area contributed by atoms with E-state index in [4.69, 9.17) is 4.74 Å². The molecule has 0 radical (unpaired) electrons. The van der Waals surface area contributed by atoms with Crippen molar-refractivity contribution in [3.8, 4) is 0 Å². The number of sulfonamides is 1. The van der Waals surface area contributed by atoms with E-state index in [-0.39, 0.29) is 30.6 Å². The summed E-state index contributed by atoms with van der Waals surface area (Å²) in [6.45, 7) is 4.02. The predicted molar refractivity (Wildman–Crippen MR) is 141 cm³/mol. The van der Waals surface area contributed by atoms with Crippen LogP contribution in [-0.4, -0.2) is 62.8 Å². The Labute approximate surface area is 216 Å². The number of piperidine rings is 1. The minimum absolute atomic E-state index is 0.0708. The van der Waals surface area contributed by atoms with Crippen molar-refractivity contribution >= 4 is 38.5 Å². The van der Waals surface area contributed by atoms with E-state index in [0.717, 1.165) is 5.56 Å². The number of carbonyl (C=O) groups excluding carboxylic acids is 2. The highest BCUT2D eigenvalue weighted by Crippen LogP contribution is 2.31. The number of hydrogen-bond donors (Lipinski definition) is 3. The third-order valence-electron chi connectivity index (χ3n) is 6.61. The summed E-state index contributed by atoms with van der Waals surface area (Å²) in [5.74, 6) is -0.761. The van der Waals surface area contributed by atoms with Crippen LogP contribution < -0.4 is 10.0 Å².